The Bertz CT molecular complexity index is 411. The van der Waals surface area contributed by atoms with E-state index in [0.29, 0.717) is 0 Å². The Kier molecular flexibility index (Phi) is 2.12. The first-order chi connectivity index (χ1) is 5.77. The highest BCUT2D eigenvalue weighted by Crippen LogP contribution is 2.31. The smallest absolute Gasteiger partial charge is 0.332 e. The lowest BCUT2D eigenvalue weighted by atomic mass is 10.6. The first-order valence-corrected chi connectivity index (χ1v) is 4.53. The lowest BCUT2D eigenvalue weighted by molar-refractivity contribution is 0.0662. The Balaban J connectivity index is 3.31. The number of nitrogens with zero attached hydrogens (tertiary/aromatic N) is 2. The standard InChI is InChI=1S/C5H6F2N2O3S/c1-9-3-2-8-4(9)5(6,7)13(10,11)12/h2-3H,1H3,(H,10,11,12). The molecule has 13 heavy (non-hydrogen) atoms. The lowest BCUT2D eigenvalue weighted by Gasteiger charge is -2.11. The van der Waals surface area contributed by atoms with Gasteiger partial charge >= 0.3 is 15.4 Å². The highest BCUT2D eigenvalue weighted by atomic mass is 32.2. The maximum Gasteiger partial charge on any atom is 0.426 e. The fourth-order valence-electron chi connectivity index (χ4n) is 0.761. The van der Waals surface area contributed by atoms with Crippen LogP contribution in [0.3, 0.4) is 0 Å². The third kappa shape index (κ3) is 1.54. The molecule has 0 aromatic carbocycles. The largest absolute Gasteiger partial charge is 0.426 e. The first-order valence-electron chi connectivity index (χ1n) is 3.09. The molecule has 1 rings (SSSR count). The van der Waals surface area contributed by atoms with Crippen LogP contribution >= 0.6 is 0 Å². The van der Waals surface area contributed by atoms with E-state index in [1.54, 1.807) is 0 Å². The predicted molar refractivity (Wildman–Crippen MR) is 38.7 cm³/mol. The zero-order valence-electron chi connectivity index (χ0n) is 6.48. The number of hydrogen-bond acceptors (Lipinski definition) is 3. The van der Waals surface area contributed by atoms with Crippen LogP contribution in [0.5, 0.6) is 0 Å². The summed E-state index contributed by atoms with van der Waals surface area (Å²) in [5.41, 5.74) is 0. The van der Waals surface area contributed by atoms with E-state index in [-0.39, 0.29) is 0 Å². The molecule has 1 heterocycles. The van der Waals surface area contributed by atoms with Gasteiger partial charge in [-0.05, 0) is 0 Å². The fourth-order valence-corrected chi connectivity index (χ4v) is 1.19. The molecule has 0 aliphatic rings. The highest BCUT2D eigenvalue weighted by Gasteiger charge is 2.49. The quantitative estimate of drug-likeness (QED) is 0.718. The van der Waals surface area contributed by atoms with Gasteiger partial charge in [-0.3, -0.25) is 4.55 Å². The van der Waals surface area contributed by atoms with E-state index >= 15 is 0 Å². The molecule has 0 amide bonds. The zero-order valence-corrected chi connectivity index (χ0v) is 7.29. The van der Waals surface area contributed by atoms with Gasteiger partial charge in [-0.15, -0.1) is 0 Å². The summed E-state index contributed by atoms with van der Waals surface area (Å²) in [6.45, 7) is 0. The van der Waals surface area contributed by atoms with Crippen molar-refractivity contribution >= 4 is 10.1 Å². The van der Waals surface area contributed by atoms with Crippen molar-refractivity contribution < 1.29 is 21.8 Å². The summed E-state index contributed by atoms with van der Waals surface area (Å²) in [4.78, 5) is 3.13. The van der Waals surface area contributed by atoms with Gasteiger partial charge < -0.3 is 4.57 Å². The molecule has 1 aromatic rings. The van der Waals surface area contributed by atoms with E-state index in [2.05, 4.69) is 4.98 Å². The van der Waals surface area contributed by atoms with E-state index in [0.717, 1.165) is 17.0 Å². The molecule has 0 unspecified atom stereocenters. The molecule has 5 nitrogen and oxygen atoms in total. The fraction of sp³-hybridized carbons (Fsp3) is 0.400. The number of alkyl halides is 2. The van der Waals surface area contributed by atoms with Crippen molar-refractivity contribution in [2.45, 2.75) is 5.25 Å². The molecule has 0 saturated carbocycles. The Morgan fingerprint density at radius 3 is 2.46 bits per heavy atom. The normalized spacial score (nSPS) is 13.2. The van der Waals surface area contributed by atoms with Gasteiger partial charge in [0, 0.05) is 19.4 Å². The van der Waals surface area contributed by atoms with Crippen LogP contribution in [-0.2, 0) is 22.4 Å². The molecular formula is C5H6F2N2O3S. The molecule has 1 aromatic heterocycles. The SMILES string of the molecule is Cn1ccnc1C(F)(F)S(=O)(=O)O. The van der Waals surface area contributed by atoms with Crippen molar-refractivity contribution in [3.05, 3.63) is 18.2 Å². The van der Waals surface area contributed by atoms with Crippen molar-refractivity contribution in [1.29, 1.82) is 0 Å². The topological polar surface area (TPSA) is 72.2 Å². The maximum absolute atomic E-state index is 12.8. The molecular weight excluding hydrogens is 206 g/mol. The van der Waals surface area contributed by atoms with Gasteiger partial charge in [-0.2, -0.15) is 17.2 Å². The highest BCUT2D eigenvalue weighted by molar-refractivity contribution is 7.86. The molecule has 0 aliphatic heterocycles. The van der Waals surface area contributed by atoms with E-state index in [4.69, 9.17) is 4.55 Å². The Labute approximate surface area is 72.8 Å². The van der Waals surface area contributed by atoms with Crippen LogP contribution < -0.4 is 0 Å². The molecule has 0 aliphatic carbocycles. The average molecular weight is 212 g/mol. The second-order valence-corrected chi connectivity index (χ2v) is 3.82. The number of halogens is 2. The van der Waals surface area contributed by atoms with Crippen molar-refractivity contribution in [2.75, 3.05) is 0 Å². The minimum absolute atomic E-state index is 0.813. The second-order valence-electron chi connectivity index (χ2n) is 2.35. The summed E-state index contributed by atoms with van der Waals surface area (Å²) < 4.78 is 55.2. The van der Waals surface area contributed by atoms with Crippen LogP contribution in [0.15, 0.2) is 12.4 Å². The summed E-state index contributed by atoms with van der Waals surface area (Å²) in [6, 6.07) is 0. The molecule has 0 radical (unpaired) electrons. The summed E-state index contributed by atoms with van der Waals surface area (Å²) >= 11 is 0. The Morgan fingerprint density at radius 1 is 1.62 bits per heavy atom. The average Bonchev–Trinajstić information content (AvgIpc) is 2.32. The van der Waals surface area contributed by atoms with Crippen LogP contribution in [0.25, 0.3) is 0 Å². The summed E-state index contributed by atoms with van der Waals surface area (Å²) in [5.74, 6) is -1.02. The second kappa shape index (κ2) is 2.74. The summed E-state index contributed by atoms with van der Waals surface area (Å²) in [6.07, 6.45) is 2.16. The summed E-state index contributed by atoms with van der Waals surface area (Å²) in [5, 5.41) is -4.37. The Hall–Kier alpha value is -1.02. The van der Waals surface area contributed by atoms with Crippen LogP contribution in [0.4, 0.5) is 8.78 Å². The van der Waals surface area contributed by atoms with E-state index < -0.39 is 21.2 Å². The van der Waals surface area contributed by atoms with Crippen molar-refractivity contribution in [1.82, 2.24) is 9.55 Å². The van der Waals surface area contributed by atoms with Crippen LogP contribution in [-0.4, -0.2) is 22.5 Å². The molecule has 74 valence electrons. The van der Waals surface area contributed by atoms with E-state index in [1.807, 2.05) is 0 Å². The first kappa shape index (κ1) is 10.1. The number of aromatic nitrogens is 2. The van der Waals surface area contributed by atoms with Gasteiger partial charge in [-0.25, -0.2) is 4.98 Å². The molecule has 0 spiro atoms. The molecule has 0 atom stereocenters. The van der Waals surface area contributed by atoms with E-state index in [9.17, 15) is 17.2 Å². The molecule has 0 bridgehead atoms. The van der Waals surface area contributed by atoms with Crippen LogP contribution in [0.1, 0.15) is 5.82 Å². The predicted octanol–water partition coefficient (Wildman–Crippen LogP) is 0.357. The van der Waals surface area contributed by atoms with Crippen molar-refractivity contribution in [3.63, 3.8) is 0 Å². The van der Waals surface area contributed by atoms with Crippen molar-refractivity contribution in [2.24, 2.45) is 7.05 Å². The van der Waals surface area contributed by atoms with Gasteiger partial charge in [0.15, 0.2) is 5.82 Å². The Morgan fingerprint density at radius 2 is 2.15 bits per heavy atom. The van der Waals surface area contributed by atoms with Crippen LogP contribution in [0.2, 0.25) is 0 Å². The monoisotopic (exact) mass is 212 g/mol. The van der Waals surface area contributed by atoms with Gasteiger partial charge in [-0.1, -0.05) is 0 Å². The third-order valence-corrected chi connectivity index (χ3v) is 2.24. The number of imidazole rings is 1. The van der Waals surface area contributed by atoms with Gasteiger partial charge in [0.05, 0.1) is 0 Å². The zero-order chi connectivity index (χ0) is 10.3. The van der Waals surface area contributed by atoms with Crippen molar-refractivity contribution in [3.8, 4) is 0 Å². The van der Waals surface area contributed by atoms with Gasteiger partial charge in [0.2, 0.25) is 0 Å². The number of hydrogen-bond donors (Lipinski definition) is 1. The molecule has 0 saturated heterocycles. The molecule has 0 fully saturated rings. The van der Waals surface area contributed by atoms with Crippen LogP contribution in [0, 0.1) is 0 Å². The number of rotatable bonds is 2. The third-order valence-electron chi connectivity index (χ3n) is 1.41. The van der Waals surface area contributed by atoms with Gasteiger partial charge in [0.1, 0.15) is 0 Å². The van der Waals surface area contributed by atoms with Gasteiger partial charge in [0.25, 0.3) is 0 Å². The van der Waals surface area contributed by atoms with E-state index in [1.165, 1.54) is 7.05 Å². The molecule has 1 N–H and O–H groups in total. The minimum atomic E-state index is -5.46. The molecule has 8 heteroatoms. The maximum atomic E-state index is 12.8. The lowest BCUT2D eigenvalue weighted by Crippen LogP contribution is -2.28. The number of aryl methyl sites for hydroxylation is 1. The summed E-state index contributed by atoms with van der Waals surface area (Å²) in [7, 11) is -4.27. The minimum Gasteiger partial charge on any atom is -0.332 e.